The Morgan fingerprint density at radius 1 is 0.500 bits per heavy atom. The maximum atomic E-state index is 13.7. The van der Waals surface area contributed by atoms with Crippen LogP contribution < -0.4 is 0 Å². The molecule has 0 fully saturated rings. The Morgan fingerprint density at radius 2 is 0.794 bits per heavy atom. The molecule has 0 heterocycles. The zero-order valence-corrected chi connectivity index (χ0v) is 17.6. The molecular weight excluding hydrogens is 520 g/mol. The SMILES string of the molecule is CC=CCCC(F)(F)C(F)(F)C(F)(F)C(F)(F)C(F)(F)C(F)(F)C(F)(F)C(F)(F)CCC(C)C. The summed E-state index contributed by atoms with van der Waals surface area (Å²) in [5.41, 5.74) is 0. The number of hydrogen-bond donors (Lipinski definition) is 0. The highest BCUT2D eigenvalue weighted by Gasteiger charge is 2.94. The molecule has 0 aromatic rings. The number of rotatable bonds is 13. The molecule has 0 aromatic heterocycles. The Hall–Kier alpha value is -1.38. The summed E-state index contributed by atoms with van der Waals surface area (Å²) in [5.74, 6) is -61.3. The van der Waals surface area contributed by atoms with Crippen molar-refractivity contribution in [2.24, 2.45) is 5.92 Å². The average molecular weight is 540 g/mol. The predicted octanol–water partition coefficient (Wildman–Crippen LogP) is 8.86. The minimum Gasteiger partial charge on any atom is -0.200 e. The Balaban J connectivity index is 6.57. The maximum Gasteiger partial charge on any atom is 0.384 e. The van der Waals surface area contributed by atoms with Gasteiger partial charge in [-0.3, -0.25) is 0 Å². The van der Waals surface area contributed by atoms with Crippen LogP contribution in [0.5, 0.6) is 0 Å². The fourth-order valence-electron chi connectivity index (χ4n) is 2.46. The van der Waals surface area contributed by atoms with Gasteiger partial charge in [0.1, 0.15) is 0 Å². The summed E-state index contributed by atoms with van der Waals surface area (Å²) in [5, 5.41) is 0. The summed E-state index contributed by atoms with van der Waals surface area (Å²) in [7, 11) is 0. The largest absolute Gasteiger partial charge is 0.384 e. The molecule has 0 nitrogen and oxygen atoms in total. The molecule has 0 aliphatic carbocycles. The van der Waals surface area contributed by atoms with E-state index in [4.69, 9.17) is 0 Å². The average Bonchev–Trinajstić information content (AvgIpc) is 2.65. The van der Waals surface area contributed by atoms with E-state index >= 15 is 0 Å². The molecule has 16 heteroatoms. The van der Waals surface area contributed by atoms with Crippen LogP contribution >= 0.6 is 0 Å². The van der Waals surface area contributed by atoms with Crippen molar-refractivity contribution in [1.29, 1.82) is 0 Å². The van der Waals surface area contributed by atoms with E-state index in [2.05, 4.69) is 0 Å². The van der Waals surface area contributed by atoms with Gasteiger partial charge in [0.25, 0.3) is 0 Å². The molecule has 0 N–H and O–H groups in total. The van der Waals surface area contributed by atoms with Crippen LogP contribution in [-0.4, -0.2) is 47.4 Å². The highest BCUT2D eigenvalue weighted by molar-refractivity contribution is 5.16. The molecule has 0 radical (unpaired) electrons. The van der Waals surface area contributed by atoms with Crippen molar-refractivity contribution in [2.75, 3.05) is 0 Å². The van der Waals surface area contributed by atoms with E-state index in [0.29, 0.717) is 6.08 Å². The van der Waals surface area contributed by atoms with E-state index in [9.17, 15) is 70.2 Å². The fourth-order valence-corrected chi connectivity index (χ4v) is 2.46. The Bertz CT molecular complexity index is 705. The van der Waals surface area contributed by atoms with Crippen LogP contribution in [0, 0.1) is 5.92 Å². The highest BCUT2D eigenvalue weighted by Crippen LogP contribution is 2.64. The molecular formula is C18H20F16. The second-order valence-corrected chi connectivity index (χ2v) is 7.90. The Kier molecular flexibility index (Phi) is 9.19. The lowest BCUT2D eigenvalue weighted by molar-refractivity contribution is -0.453. The summed E-state index contributed by atoms with van der Waals surface area (Å²) < 4.78 is 219. The normalized spacial score (nSPS) is 16.1. The molecule has 0 amide bonds. The Morgan fingerprint density at radius 3 is 1.09 bits per heavy atom. The lowest BCUT2D eigenvalue weighted by Crippen LogP contribution is -2.74. The molecule has 0 bridgehead atoms. The third kappa shape index (κ3) is 4.96. The molecule has 0 saturated carbocycles. The van der Waals surface area contributed by atoms with Gasteiger partial charge in [-0.15, -0.1) is 0 Å². The van der Waals surface area contributed by atoms with E-state index in [1.807, 2.05) is 0 Å². The second kappa shape index (κ2) is 9.58. The molecule has 0 rings (SSSR count). The number of allylic oxidation sites excluding steroid dienone is 2. The summed E-state index contributed by atoms with van der Waals surface area (Å²) in [6, 6.07) is 0. The van der Waals surface area contributed by atoms with Gasteiger partial charge in [0.2, 0.25) is 0 Å². The van der Waals surface area contributed by atoms with Crippen molar-refractivity contribution in [3.63, 3.8) is 0 Å². The van der Waals surface area contributed by atoms with Gasteiger partial charge in [0.15, 0.2) is 0 Å². The number of hydrogen-bond acceptors (Lipinski definition) is 0. The molecule has 0 aliphatic rings. The van der Waals surface area contributed by atoms with Crippen LogP contribution in [0.15, 0.2) is 12.2 Å². The van der Waals surface area contributed by atoms with Crippen molar-refractivity contribution >= 4 is 0 Å². The molecule has 0 spiro atoms. The van der Waals surface area contributed by atoms with Gasteiger partial charge in [-0.1, -0.05) is 26.0 Å². The second-order valence-electron chi connectivity index (χ2n) is 7.90. The van der Waals surface area contributed by atoms with E-state index < -0.39 is 79.0 Å². The van der Waals surface area contributed by atoms with Crippen molar-refractivity contribution in [3.8, 4) is 0 Å². The van der Waals surface area contributed by atoms with Gasteiger partial charge < -0.3 is 0 Å². The maximum absolute atomic E-state index is 13.7. The van der Waals surface area contributed by atoms with Gasteiger partial charge in [0.05, 0.1) is 0 Å². The van der Waals surface area contributed by atoms with Crippen LogP contribution in [0.3, 0.4) is 0 Å². The monoisotopic (exact) mass is 540 g/mol. The quantitative estimate of drug-likeness (QED) is 0.162. The smallest absolute Gasteiger partial charge is 0.200 e. The topological polar surface area (TPSA) is 0 Å². The first-order valence-electron chi connectivity index (χ1n) is 9.36. The van der Waals surface area contributed by atoms with Gasteiger partial charge in [-0.05, 0) is 25.7 Å². The lowest BCUT2D eigenvalue weighted by Gasteiger charge is -2.43. The number of alkyl halides is 16. The van der Waals surface area contributed by atoms with E-state index in [0.717, 1.165) is 26.8 Å². The summed E-state index contributed by atoms with van der Waals surface area (Å²) in [4.78, 5) is 0. The minimum absolute atomic E-state index is 0.642. The van der Waals surface area contributed by atoms with Crippen LogP contribution in [0.1, 0.15) is 46.5 Å². The predicted molar refractivity (Wildman–Crippen MR) is 87.7 cm³/mol. The fraction of sp³-hybridized carbons (Fsp3) is 0.889. The first-order valence-corrected chi connectivity index (χ1v) is 9.36. The molecule has 0 atom stereocenters. The van der Waals surface area contributed by atoms with E-state index in [-0.39, 0.29) is 0 Å². The number of halogens is 16. The van der Waals surface area contributed by atoms with Crippen molar-refractivity contribution in [3.05, 3.63) is 12.2 Å². The molecule has 34 heavy (non-hydrogen) atoms. The molecule has 0 unspecified atom stereocenters. The minimum atomic E-state index is -8.35. The molecule has 0 aromatic carbocycles. The molecule has 0 aliphatic heterocycles. The van der Waals surface area contributed by atoms with Gasteiger partial charge >= 0.3 is 47.4 Å². The third-order valence-electron chi connectivity index (χ3n) is 4.79. The third-order valence-corrected chi connectivity index (χ3v) is 4.79. The van der Waals surface area contributed by atoms with Crippen LogP contribution in [0.25, 0.3) is 0 Å². The Labute approximate surface area is 183 Å². The van der Waals surface area contributed by atoms with Crippen molar-refractivity contribution < 1.29 is 70.2 Å². The summed E-state index contributed by atoms with van der Waals surface area (Å²) >= 11 is 0. The lowest BCUT2D eigenvalue weighted by atomic mass is 9.85. The van der Waals surface area contributed by atoms with Gasteiger partial charge in [-0.2, -0.15) is 70.2 Å². The standard InChI is InChI=1S/C18H20F16/c1-4-5-6-8-11(19,20)13(23,24)15(27,28)17(31,32)18(33,34)16(29,30)14(25,26)12(21,22)9-7-10(2)3/h4-5,10H,6-9H2,1-3H3. The van der Waals surface area contributed by atoms with Gasteiger partial charge in [-0.25, -0.2) is 0 Å². The first-order chi connectivity index (χ1) is 14.7. The summed E-state index contributed by atoms with van der Waals surface area (Å²) in [6.45, 7) is 3.28. The van der Waals surface area contributed by atoms with Gasteiger partial charge in [0, 0.05) is 12.8 Å². The van der Waals surface area contributed by atoms with Crippen LogP contribution in [0.4, 0.5) is 70.2 Å². The van der Waals surface area contributed by atoms with Crippen molar-refractivity contribution in [2.45, 2.75) is 93.8 Å². The zero-order valence-electron chi connectivity index (χ0n) is 17.6. The zero-order chi connectivity index (χ0) is 27.8. The van der Waals surface area contributed by atoms with Crippen LogP contribution in [-0.2, 0) is 0 Å². The van der Waals surface area contributed by atoms with E-state index in [1.54, 1.807) is 0 Å². The summed E-state index contributed by atoms with van der Waals surface area (Å²) in [6.07, 6.45) is -5.40. The molecule has 204 valence electrons. The first kappa shape index (κ1) is 32.6. The highest BCUT2D eigenvalue weighted by atomic mass is 19.4. The van der Waals surface area contributed by atoms with E-state index in [1.165, 1.54) is 0 Å². The molecule has 0 saturated heterocycles. The van der Waals surface area contributed by atoms with Crippen molar-refractivity contribution in [1.82, 2.24) is 0 Å². The van der Waals surface area contributed by atoms with Crippen LogP contribution in [0.2, 0.25) is 0 Å².